The molecule has 0 fully saturated rings. The molecular formula is C21H27ClN6OS. The largest absolute Gasteiger partial charge is 0.593 e. The van der Waals surface area contributed by atoms with Crippen LogP contribution < -0.4 is 26.4 Å². The van der Waals surface area contributed by atoms with Crippen LogP contribution in [0.4, 0.5) is 5.69 Å². The van der Waals surface area contributed by atoms with Gasteiger partial charge in [0.15, 0.2) is 10.9 Å². The number of hydrogen-bond acceptors (Lipinski definition) is 7. The molecule has 1 unspecified atom stereocenters. The molecule has 2 aromatic carbocycles. The highest BCUT2D eigenvalue weighted by atomic mass is 35.5. The number of guanidine groups is 1. The number of nitrogens with two attached hydrogens (primary N) is 1. The molecular weight excluding hydrogens is 420 g/mol. The summed E-state index contributed by atoms with van der Waals surface area (Å²) in [7, 11) is 1.67. The monoisotopic (exact) mass is 446 g/mol. The Morgan fingerprint density at radius 2 is 1.97 bits per heavy atom. The molecule has 1 aliphatic rings. The van der Waals surface area contributed by atoms with Gasteiger partial charge in [-0.15, -0.1) is 4.72 Å². The molecule has 2 aromatic rings. The van der Waals surface area contributed by atoms with Crippen molar-refractivity contribution >= 4 is 40.3 Å². The molecule has 3 rings (SSSR count). The van der Waals surface area contributed by atoms with E-state index < -0.39 is 11.4 Å². The predicted molar refractivity (Wildman–Crippen MR) is 126 cm³/mol. The zero-order valence-corrected chi connectivity index (χ0v) is 18.6. The molecule has 0 radical (unpaired) electrons. The Morgan fingerprint density at radius 1 is 1.20 bits per heavy atom. The van der Waals surface area contributed by atoms with Crippen molar-refractivity contribution in [3.05, 3.63) is 64.7 Å². The lowest BCUT2D eigenvalue weighted by Crippen LogP contribution is -2.49. The summed E-state index contributed by atoms with van der Waals surface area (Å²) in [5, 5.41) is 10.6. The van der Waals surface area contributed by atoms with Crippen molar-refractivity contribution in [1.29, 1.82) is 0 Å². The first-order chi connectivity index (χ1) is 14.5. The lowest BCUT2D eigenvalue weighted by atomic mass is 10.0. The second kappa shape index (κ2) is 10.7. The second-order valence-corrected chi connectivity index (χ2v) is 8.64. The van der Waals surface area contributed by atoms with Crippen molar-refractivity contribution in [3.8, 4) is 0 Å². The Morgan fingerprint density at radius 3 is 2.70 bits per heavy atom. The molecule has 0 spiro atoms. The molecule has 9 heteroatoms. The Labute approximate surface area is 185 Å². The normalized spacial score (nSPS) is 17.0. The minimum atomic E-state index is -1.16. The number of benzene rings is 2. The van der Waals surface area contributed by atoms with E-state index in [0.717, 1.165) is 46.9 Å². The Bertz CT molecular complexity index is 918. The molecule has 0 aromatic heterocycles. The third-order valence-corrected chi connectivity index (χ3v) is 6.19. The average Bonchev–Trinajstić information content (AvgIpc) is 2.75. The first-order valence-electron chi connectivity index (χ1n) is 9.72. The van der Waals surface area contributed by atoms with Crippen molar-refractivity contribution in [3.63, 3.8) is 0 Å². The van der Waals surface area contributed by atoms with E-state index in [-0.39, 0.29) is 6.17 Å². The summed E-state index contributed by atoms with van der Waals surface area (Å²) in [6.07, 6.45) is 2.83. The maximum Gasteiger partial charge on any atom is 0.195 e. The molecule has 160 valence electrons. The maximum absolute atomic E-state index is 11.7. The minimum absolute atomic E-state index is 0.105. The molecule has 30 heavy (non-hydrogen) atoms. The van der Waals surface area contributed by atoms with Gasteiger partial charge in [-0.05, 0) is 61.9 Å². The molecule has 0 bridgehead atoms. The summed E-state index contributed by atoms with van der Waals surface area (Å²) in [5.41, 5.74) is 9.74. The van der Waals surface area contributed by atoms with Crippen LogP contribution >= 0.6 is 11.6 Å². The van der Waals surface area contributed by atoms with Gasteiger partial charge in [0, 0.05) is 29.9 Å². The molecule has 1 aliphatic heterocycles. The first kappa shape index (κ1) is 22.5. The molecule has 7 nitrogen and oxygen atoms in total. The number of nitrogens with zero attached hydrogens (tertiary/aromatic N) is 1. The van der Waals surface area contributed by atoms with Gasteiger partial charge in [0.05, 0.1) is 17.1 Å². The number of halogens is 1. The Kier molecular flexibility index (Phi) is 8.01. The third-order valence-electron chi connectivity index (χ3n) is 4.71. The topological polar surface area (TPSA) is 110 Å². The molecule has 0 aliphatic carbocycles. The number of rotatable bonds is 9. The lowest BCUT2D eigenvalue weighted by Gasteiger charge is -2.23. The van der Waals surface area contributed by atoms with Crippen LogP contribution in [0.5, 0.6) is 0 Å². The van der Waals surface area contributed by atoms with Crippen molar-refractivity contribution in [2.45, 2.75) is 24.4 Å². The van der Waals surface area contributed by atoms with Crippen molar-refractivity contribution in [2.24, 2.45) is 10.7 Å². The number of anilines is 1. The Balaban J connectivity index is 1.48. The standard InChI is InChI=1S/C21H27ClN6OS/c1-14-17(5-3-6-18(14)22)19-13-20(28-21(23)27-19)26-12-4-11-25-15-7-9-16(10-8-15)30(29)24-2/h3,5-10,13,20,24-26H,4,11-12H2,1-2H3,(H3,23,27,28)/t20?,30-/m1/s1. The number of hydrogen-bond donors (Lipinski definition) is 5. The van der Waals surface area contributed by atoms with E-state index in [1.807, 2.05) is 55.5 Å². The van der Waals surface area contributed by atoms with Crippen LogP contribution in [0.15, 0.2) is 58.4 Å². The van der Waals surface area contributed by atoms with Crippen LogP contribution in [0.3, 0.4) is 0 Å². The highest BCUT2D eigenvalue weighted by molar-refractivity contribution is 7.89. The van der Waals surface area contributed by atoms with Crippen LogP contribution in [0.2, 0.25) is 5.02 Å². The summed E-state index contributed by atoms with van der Waals surface area (Å²) in [5.74, 6) is 0.376. The summed E-state index contributed by atoms with van der Waals surface area (Å²) in [6.45, 7) is 3.57. The van der Waals surface area contributed by atoms with Crippen LogP contribution in [0, 0.1) is 6.92 Å². The highest BCUT2D eigenvalue weighted by Gasteiger charge is 2.16. The average molecular weight is 447 g/mol. The molecule has 0 saturated carbocycles. The smallest absolute Gasteiger partial charge is 0.195 e. The van der Waals surface area contributed by atoms with Crippen molar-refractivity contribution < 1.29 is 4.55 Å². The lowest BCUT2D eigenvalue weighted by molar-refractivity contribution is 0.552. The van der Waals surface area contributed by atoms with Gasteiger partial charge in [0.2, 0.25) is 0 Å². The van der Waals surface area contributed by atoms with Gasteiger partial charge in [-0.25, -0.2) is 4.99 Å². The van der Waals surface area contributed by atoms with Gasteiger partial charge in [0.1, 0.15) is 6.17 Å². The summed E-state index contributed by atoms with van der Waals surface area (Å²) in [4.78, 5) is 5.18. The van der Waals surface area contributed by atoms with E-state index in [4.69, 9.17) is 17.3 Å². The maximum atomic E-state index is 11.7. The van der Waals surface area contributed by atoms with Gasteiger partial charge in [-0.1, -0.05) is 23.7 Å². The highest BCUT2D eigenvalue weighted by Crippen LogP contribution is 2.27. The third kappa shape index (κ3) is 5.90. The van der Waals surface area contributed by atoms with Gasteiger partial charge in [-0.2, -0.15) is 0 Å². The predicted octanol–water partition coefficient (Wildman–Crippen LogP) is 2.57. The zero-order chi connectivity index (χ0) is 21.5. The van der Waals surface area contributed by atoms with Crippen LogP contribution in [-0.4, -0.2) is 36.8 Å². The molecule has 0 saturated heterocycles. The van der Waals surface area contributed by atoms with E-state index in [1.165, 1.54) is 0 Å². The van der Waals surface area contributed by atoms with Crippen molar-refractivity contribution in [1.82, 2.24) is 15.4 Å². The quantitative estimate of drug-likeness (QED) is 0.299. The second-order valence-electron chi connectivity index (χ2n) is 6.82. The van der Waals surface area contributed by atoms with Crippen LogP contribution in [-0.2, 0) is 11.4 Å². The molecule has 0 amide bonds. The summed E-state index contributed by atoms with van der Waals surface area (Å²) in [6, 6.07) is 13.3. The molecule has 1 heterocycles. The number of nitrogens with one attached hydrogen (secondary N) is 4. The fourth-order valence-electron chi connectivity index (χ4n) is 3.10. The van der Waals surface area contributed by atoms with Crippen LogP contribution in [0.25, 0.3) is 5.70 Å². The van der Waals surface area contributed by atoms with Crippen LogP contribution in [0.1, 0.15) is 17.5 Å². The fraction of sp³-hybridized carbons (Fsp3) is 0.286. The van der Waals surface area contributed by atoms with Gasteiger partial charge in [0.25, 0.3) is 0 Å². The summed E-state index contributed by atoms with van der Waals surface area (Å²) < 4.78 is 14.4. The molecule has 6 N–H and O–H groups in total. The van der Waals surface area contributed by atoms with E-state index in [0.29, 0.717) is 11.0 Å². The molecule has 2 atom stereocenters. The van der Waals surface area contributed by atoms with Crippen molar-refractivity contribution in [2.75, 3.05) is 25.5 Å². The SMILES string of the molecule is CN[S@+]([O-])c1ccc(NCCCNC2C=C(c3cccc(Cl)c3C)N=C(N)N2)cc1. The zero-order valence-electron chi connectivity index (χ0n) is 17.0. The van der Waals surface area contributed by atoms with Gasteiger partial charge >= 0.3 is 0 Å². The first-order valence-corrected chi connectivity index (χ1v) is 11.2. The Hall–Kier alpha value is -2.23. The van der Waals surface area contributed by atoms with E-state index in [9.17, 15) is 4.55 Å². The van der Waals surface area contributed by atoms with E-state index in [2.05, 4.69) is 25.7 Å². The fourth-order valence-corrected chi connectivity index (χ4v) is 3.89. The minimum Gasteiger partial charge on any atom is -0.593 e. The van der Waals surface area contributed by atoms with Gasteiger partial charge < -0.3 is 20.9 Å². The van der Waals surface area contributed by atoms with E-state index in [1.54, 1.807) is 7.05 Å². The van der Waals surface area contributed by atoms with Gasteiger partial charge in [-0.3, -0.25) is 5.32 Å². The number of aliphatic imine (C=N–C) groups is 1. The summed E-state index contributed by atoms with van der Waals surface area (Å²) >= 11 is 5.08. The van der Waals surface area contributed by atoms with E-state index >= 15 is 0 Å².